The lowest BCUT2D eigenvalue weighted by Crippen LogP contribution is -2.17. The number of thioether (sulfide) groups is 1. The molecule has 1 saturated heterocycles. The summed E-state index contributed by atoms with van der Waals surface area (Å²) < 4.78 is 10.9. The maximum atomic E-state index is 11.5. The van der Waals surface area contributed by atoms with Crippen LogP contribution in [0.2, 0.25) is 0 Å². The summed E-state index contributed by atoms with van der Waals surface area (Å²) in [6, 6.07) is 5.36. The number of imide groups is 1. The average Bonchev–Trinajstić information content (AvgIpc) is 2.69. The largest absolute Gasteiger partial charge is 0.493 e. The Hall–Kier alpha value is -1.95. The quantitative estimate of drug-likeness (QED) is 0.865. The zero-order valence-corrected chi connectivity index (χ0v) is 12.2. The van der Waals surface area contributed by atoms with Gasteiger partial charge in [0.2, 0.25) is 0 Å². The molecule has 1 aromatic carbocycles. The molecule has 0 spiro atoms. The molecule has 5 nitrogen and oxygen atoms in total. The topological polar surface area (TPSA) is 64.6 Å². The van der Waals surface area contributed by atoms with Gasteiger partial charge >= 0.3 is 0 Å². The zero-order valence-electron chi connectivity index (χ0n) is 11.4. The van der Waals surface area contributed by atoms with Crippen LogP contribution in [0.5, 0.6) is 11.5 Å². The van der Waals surface area contributed by atoms with Gasteiger partial charge in [-0.15, -0.1) is 0 Å². The Bertz CT molecular complexity index is 581. The Morgan fingerprint density at radius 3 is 2.55 bits per heavy atom. The smallest absolute Gasteiger partial charge is 0.290 e. The van der Waals surface area contributed by atoms with E-state index in [9.17, 15) is 9.59 Å². The number of rotatable bonds is 4. The van der Waals surface area contributed by atoms with Crippen LogP contribution in [0.1, 0.15) is 19.4 Å². The molecule has 6 heteroatoms. The number of hydrogen-bond donors (Lipinski definition) is 1. The van der Waals surface area contributed by atoms with Gasteiger partial charge in [0.1, 0.15) is 0 Å². The Kier molecular flexibility index (Phi) is 4.34. The second-order valence-corrected chi connectivity index (χ2v) is 5.44. The van der Waals surface area contributed by atoms with Gasteiger partial charge in [0.05, 0.1) is 18.1 Å². The first-order valence-electron chi connectivity index (χ1n) is 6.09. The van der Waals surface area contributed by atoms with Crippen molar-refractivity contribution < 1.29 is 19.1 Å². The third-order valence-electron chi connectivity index (χ3n) is 2.49. The Morgan fingerprint density at radius 2 is 2.00 bits per heavy atom. The second kappa shape index (κ2) is 6.00. The molecule has 0 radical (unpaired) electrons. The van der Waals surface area contributed by atoms with E-state index in [4.69, 9.17) is 9.47 Å². The minimum Gasteiger partial charge on any atom is -0.493 e. The molecule has 0 atom stereocenters. The number of nitrogens with one attached hydrogen (secondary N) is 1. The fourth-order valence-corrected chi connectivity index (χ4v) is 2.38. The number of ether oxygens (including phenoxy) is 2. The SMILES string of the molecule is COc1cc(C=C2SC(=O)NC2=O)ccc1OC(C)C. The van der Waals surface area contributed by atoms with E-state index in [0.717, 1.165) is 17.3 Å². The van der Waals surface area contributed by atoms with Crippen molar-refractivity contribution in [2.24, 2.45) is 0 Å². The van der Waals surface area contributed by atoms with Gasteiger partial charge in [-0.1, -0.05) is 6.07 Å². The van der Waals surface area contributed by atoms with Crippen molar-refractivity contribution in [3.05, 3.63) is 28.7 Å². The Morgan fingerprint density at radius 1 is 1.25 bits per heavy atom. The van der Waals surface area contributed by atoms with E-state index in [1.165, 1.54) is 0 Å². The van der Waals surface area contributed by atoms with Gasteiger partial charge in [0.15, 0.2) is 11.5 Å². The minimum atomic E-state index is -0.374. The van der Waals surface area contributed by atoms with Crippen LogP contribution < -0.4 is 14.8 Å². The first-order valence-corrected chi connectivity index (χ1v) is 6.91. The lowest BCUT2D eigenvalue weighted by molar-refractivity contribution is -0.115. The summed E-state index contributed by atoms with van der Waals surface area (Å²) in [7, 11) is 1.56. The van der Waals surface area contributed by atoms with Crippen molar-refractivity contribution in [1.29, 1.82) is 0 Å². The number of amides is 2. The second-order valence-electron chi connectivity index (χ2n) is 4.43. The van der Waals surface area contributed by atoms with Crippen molar-refractivity contribution >= 4 is 29.0 Å². The van der Waals surface area contributed by atoms with E-state index in [1.54, 1.807) is 25.3 Å². The third-order valence-corrected chi connectivity index (χ3v) is 3.30. The molecule has 20 heavy (non-hydrogen) atoms. The van der Waals surface area contributed by atoms with Crippen LogP contribution in [0.25, 0.3) is 6.08 Å². The van der Waals surface area contributed by atoms with E-state index in [0.29, 0.717) is 16.4 Å². The summed E-state index contributed by atoms with van der Waals surface area (Å²) in [6.45, 7) is 3.86. The van der Waals surface area contributed by atoms with Crippen LogP contribution in [0, 0.1) is 0 Å². The fourth-order valence-electron chi connectivity index (χ4n) is 1.70. The molecule has 1 N–H and O–H groups in total. The molecular weight excluding hydrogens is 278 g/mol. The Labute approximate surface area is 121 Å². The highest BCUT2D eigenvalue weighted by Gasteiger charge is 2.25. The van der Waals surface area contributed by atoms with Crippen LogP contribution in [0.15, 0.2) is 23.1 Å². The molecule has 1 fully saturated rings. The van der Waals surface area contributed by atoms with Gasteiger partial charge in [-0.05, 0) is 49.4 Å². The molecule has 1 aromatic rings. The predicted molar refractivity (Wildman–Crippen MR) is 77.9 cm³/mol. The number of carbonyl (C=O) groups is 2. The van der Waals surface area contributed by atoms with Gasteiger partial charge in [-0.3, -0.25) is 14.9 Å². The predicted octanol–water partition coefficient (Wildman–Crippen LogP) is 2.81. The van der Waals surface area contributed by atoms with Crippen molar-refractivity contribution in [3.63, 3.8) is 0 Å². The highest BCUT2D eigenvalue weighted by atomic mass is 32.2. The molecule has 1 aliphatic heterocycles. The van der Waals surface area contributed by atoms with Crippen molar-refractivity contribution in [2.45, 2.75) is 20.0 Å². The molecule has 106 valence electrons. The number of methoxy groups -OCH3 is 1. The van der Waals surface area contributed by atoms with Crippen LogP contribution >= 0.6 is 11.8 Å². The first kappa shape index (κ1) is 14.5. The van der Waals surface area contributed by atoms with Crippen molar-refractivity contribution in [3.8, 4) is 11.5 Å². The molecule has 1 heterocycles. The minimum absolute atomic E-state index is 0.0434. The summed E-state index contributed by atoms with van der Waals surface area (Å²) in [5.41, 5.74) is 0.769. The van der Waals surface area contributed by atoms with Crippen LogP contribution in [-0.4, -0.2) is 24.4 Å². The monoisotopic (exact) mass is 293 g/mol. The normalized spacial score (nSPS) is 16.7. The standard InChI is InChI=1S/C14H15NO4S/c1-8(2)19-10-5-4-9(6-11(10)18-3)7-12-13(16)15-14(17)20-12/h4-8H,1-3H3,(H,15,16,17). The zero-order chi connectivity index (χ0) is 14.7. The lowest BCUT2D eigenvalue weighted by Gasteiger charge is -2.13. The number of benzene rings is 1. The van der Waals surface area contributed by atoms with Gasteiger partial charge in [0.25, 0.3) is 11.1 Å². The first-order chi connectivity index (χ1) is 9.49. The average molecular weight is 293 g/mol. The highest BCUT2D eigenvalue weighted by Crippen LogP contribution is 2.31. The maximum Gasteiger partial charge on any atom is 0.290 e. The van der Waals surface area contributed by atoms with Crippen LogP contribution in [-0.2, 0) is 4.79 Å². The van der Waals surface area contributed by atoms with Gasteiger partial charge < -0.3 is 9.47 Å². The van der Waals surface area contributed by atoms with E-state index >= 15 is 0 Å². The third kappa shape index (κ3) is 3.33. The van der Waals surface area contributed by atoms with E-state index < -0.39 is 0 Å². The molecule has 0 saturated carbocycles. The van der Waals surface area contributed by atoms with E-state index in [1.807, 2.05) is 19.9 Å². The van der Waals surface area contributed by atoms with Crippen molar-refractivity contribution in [1.82, 2.24) is 5.32 Å². The molecule has 2 rings (SSSR count). The van der Waals surface area contributed by atoms with Crippen LogP contribution in [0.3, 0.4) is 0 Å². The lowest BCUT2D eigenvalue weighted by atomic mass is 10.2. The summed E-state index contributed by atoms with van der Waals surface area (Å²) in [5, 5.41) is 1.86. The molecule has 0 aliphatic carbocycles. The molecule has 0 aromatic heterocycles. The Balaban J connectivity index is 2.28. The van der Waals surface area contributed by atoms with Crippen LogP contribution in [0.4, 0.5) is 4.79 Å². The molecule has 0 unspecified atom stereocenters. The summed E-state index contributed by atoms with van der Waals surface area (Å²) in [5.74, 6) is 0.855. The number of hydrogen-bond acceptors (Lipinski definition) is 5. The molecule has 0 bridgehead atoms. The van der Waals surface area contributed by atoms with E-state index in [2.05, 4.69) is 5.32 Å². The van der Waals surface area contributed by atoms with Gasteiger partial charge in [-0.25, -0.2) is 0 Å². The van der Waals surface area contributed by atoms with Gasteiger partial charge in [0, 0.05) is 0 Å². The fraction of sp³-hybridized carbons (Fsp3) is 0.286. The summed E-state index contributed by atoms with van der Waals surface area (Å²) in [6.07, 6.45) is 1.69. The molecular formula is C14H15NO4S. The molecule has 1 aliphatic rings. The molecule has 2 amide bonds. The summed E-state index contributed by atoms with van der Waals surface area (Å²) in [4.78, 5) is 22.9. The highest BCUT2D eigenvalue weighted by molar-refractivity contribution is 8.18. The summed E-state index contributed by atoms with van der Waals surface area (Å²) >= 11 is 0.886. The van der Waals surface area contributed by atoms with E-state index in [-0.39, 0.29) is 17.3 Å². The van der Waals surface area contributed by atoms with Gasteiger partial charge in [-0.2, -0.15) is 0 Å². The number of carbonyl (C=O) groups excluding carboxylic acids is 2. The maximum absolute atomic E-state index is 11.5. The van der Waals surface area contributed by atoms with Crippen molar-refractivity contribution in [2.75, 3.05) is 7.11 Å².